The van der Waals surface area contributed by atoms with Crippen LogP contribution in [0.5, 0.6) is 0 Å². The van der Waals surface area contributed by atoms with Gasteiger partial charge in [-0.2, -0.15) is 5.10 Å². The summed E-state index contributed by atoms with van der Waals surface area (Å²) in [6.45, 7) is 9.21. The van der Waals surface area contributed by atoms with E-state index in [-0.39, 0.29) is 11.2 Å². The molecular weight excluding hydrogens is 410 g/mol. The van der Waals surface area contributed by atoms with Crippen molar-refractivity contribution in [3.05, 3.63) is 76.9 Å². The first-order chi connectivity index (χ1) is 15.7. The number of benzene rings is 2. The molecule has 2 aromatic carbocycles. The van der Waals surface area contributed by atoms with Gasteiger partial charge in [-0.15, -0.1) is 0 Å². The second-order valence-electron chi connectivity index (χ2n) is 9.87. The number of rotatable bonds is 3. The standard InChI is InChI=1S/C27H29N5O/c1-17-22(28-20-13-14-21-19(16-20)12-9-15-31(21)5)26-29-25(27(2,3)4)23(32(26)30-17)24(33)18-10-7-6-8-11-18/h6-8,10-11,13-14,16H,9,12,15H2,1-5H3. The molecule has 2 aliphatic heterocycles. The van der Waals surface area contributed by atoms with Gasteiger partial charge in [0.2, 0.25) is 5.78 Å². The molecule has 0 bridgehead atoms. The zero-order chi connectivity index (χ0) is 23.3. The van der Waals surface area contributed by atoms with Gasteiger partial charge < -0.3 is 4.90 Å². The Labute approximate surface area is 194 Å². The fourth-order valence-corrected chi connectivity index (χ4v) is 4.58. The van der Waals surface area contributed by atoms with Crippen molar-refractivity contribution in [3.63, 3.8) is 0 Å². The van der Waals surface area contributed by atoms with E-state index in [4.69, 9.17) is 15.1 Å². The van der Waals surface area contributed by atoms with Gasteiger partial charge in [0, 0.05) is 30.3 Å². The van der Waals surface area contributed by atoms with E-state index in [1.807, 2.05) is 43.3 Å². The zero-order valence-electron chi connectivity index (χ0n) is 19.9. The molecule has 0 saturated carbocycles. The maximum absolute atomic E-state index is 13.5. The summed E-state index contributed by atoms with van der Waals surface area (Å²) in [6, 6.07) is 15.7. The highest BCUT2D eigenvalue weighted by molar-refractivity contribution is 6.48. The van der Waals surface area contributed by atoms with Gasteiger partial charge in [0.15, 0.2) is 5.82 Å². The molecule has 0 fully saturated rings. The van der Waals surface area contributed by atoms with Crippen LogP contribution in [0.2, 0.25) is 0 Å². The molecule has 0 spiro atoms. The summed E-state index contributed by atoms with van der Waals surface area (Å²) in [6.07, 6.45) is 2.21. The van der Waals surface area contributed by atoms with Crippen LogP contribution in [0, 0.1) is 0 Å². The fourth-order valence-electron chi connectivity index (χ4n) is 4.58. The van der Waals surface area contributed by atoms with Crippen LogP contribution in [0.15, 0.2) is 58.6 Å². The number of aromatic nitrogens is 2. The monoisotopic (exact) mass is 439 g/mol. The first-order valence-corrected chi connectivity index (χ1v) is 11.5. The number of hydrogen-bond acceptors (Lipinski definition) is 5. The van der Waals surface area contributed by atoms with E-state index in [2.05, 4.69) is 44.9 Å². The molecule has 33 heavy (non-hydrogen) atoms. The summed E-state index contributed by atoms with van der Waals surface area (Å²) < 4.78 is 1.69. The van der Waals surface area contributed by atoms with E-state index >= 15 is 0 Å². The number of anilines is 1. The Bertz CT molecular complexity index is 1310. The highest BCUT2D eigenvalue weighted by Crippen LogP contribution is 2.33. The first kappa shape index (κ1) is 21.3. The summed E-state index contributed by atoms with van der Waals surface area (Å²) in [5, 5.41) is 4.72. The van der Waals surface area contributed by atoms with Gasteiger partial charge in [-0.25, -0.2) is 14.7 Å². The lowest BCUT2D eigenvalue weighted by Crippen LogP contribution is -2.24. The molecule has 5 rings (SSSR count). The van der Waals surface area contributed by atoms with Crippen molar-refractivity contribution in [3.8, 4) is 0 Å². The van der Waals surface area contributed by atoms with Crippen LogP contribution in [0.3, 0.4) is 0 Å². The Morgan fingerprint density at radius 1 is 1.09 bits per heavy atom. The maximum Gasteiger partial charge on any atom is 0.213 e. The Kier molecular flexibility index (Phi) is 5.04. The summed E-state index contributed by atoms with van der Waals surface area (Å²) in [7, 11) is 2.13. The summed E-state index contributed by atoms with van der Waals surface area (Å²) in [5.74, 6) is 0.556. The summed E-state index contributed by atoms with van der Waals surface area (Å²) in [4.78, 5) is 25.7. The molecule has 0 amide bonds. The normalized spacial score (nSPS) is 16.6. The molecule has 3 heterocycles. The lowest BCUT2D eigenvalue weighted by Gasteiger charge is -2.27. The second-order valence-corrected chi connectivity index (χ2v) is 9.87. The molecule has 0 atom stereocenters. The number of fused-ring (bicyclic) bond motifs is 2. The molecular formula is C27H29N5O. The predicted octanol–water partition coefficient (Wildman–Crippen LogP) is 5.15. The molecule has 6 nitrogen and oxygen atoms in total. The van der Waals surface area contributed by atoms with Crippen molar-refractivity contribution < 1.29 is 4.79 Å². The highest BCUT2D eigenvalue weighted by Gasteiger charge is 2.35. The maximum atomic E-state index is 13.5. The van der Waals surface area contributed by atoms with Crippen LogP contribution in [-0.2, 0) is 11.8 Å². The third-order valence-electron chi connectivity index (χ3n) is 6.28. The number of ketones is 1. The quantitative estimate of drug-likeness (QED) is 0.530. The van der Waals surface area contributed by atoms with Crippen molar-refractivity contribution in [2.75, 3.05) is 18.5 Å². The van der Waals surface area contributed by atoms with E-state index in [9.17, 15) is 4.79 Å². The lowest BCUT2D eigenvalue weighted by molar-refractivity contribution is 0.102. The van der Waals surface area contributed by atoms with Crippen LogP contribution in [0.4, 0.5) is 11.4 Å². The predicted molar refractivity (Wildman–Crippen MR) is 134 cm³/mol. The number of carbonyl (C=O) groups excluding carboxylic acids is 1. The third-order valence-corrected chi connectivity index (χ3v) is 6.28. The van der Waals surface area contributed by atoms with Gasteiger partial charge in [-0.1, -0.05) is 51.1 Å². The largest absolute Gasteiger partial charge is 0.374 e. The third kappa shape index (κ3) is 3.69. The van der Waals surface area contributed by atoms with Crippen molar-refractivity contribution in [2.45, 2.75) is 46.0 Å². The van der Waals surface area contributed by atoms with Crippen LogP contribution >= 0.6 is 0 Å². The molecule has 0 saturated heterocycles. The lowest BCUT2D eigenvalue weighted by atomic mass is 9.89. The van der Waals surface area contributed by atoms with Crippen molar-refractivity contribution in [1.82, 2.24) is 9.66 Å². The van der Waals surface area contributed by atoms with Crippen LogP contribution < -0.4 is 4.90 Å². The van der Waals surface area contributed by atoms with Crippen LogP contribution in [0.1, 0.15) is 67.2 Å². The molecule has 0 radical (unpaired) electrons. The Morgan fingerprint density at radius 2 is 1.85 bits per heavy atom. The molecule has 6 heteroatoms. The number of hydrogen-bond donors (Lipinski definition) is 0. The Hall–Kier alpha value is -3.54. The zero-order valence-corrected chi connectivity index (χ0v) is 19.9. The van der Waals surface area contributed by atoms with Gasteiger partial charge in [0.1, 0.15) is 11.4 Å². The van der Waals surface area contributed by atoms with Gasteiger partial charge in [-0.05, 0) is 43.5 Å². The molecule has 2 aliphatic rings. The van der Waals surface area contributed by atoms with Crippen molar-refractivity contribution >= 4 is 28.6 Å². The number of aryl methyl sites for hydroxylation is 1. The fraction of sp³-hybridized carbons (Fsp3) is 0.333. The van der Waals surface area contributed by atoms with E-state index in [0.29, 0.717) is 17.1 Å². The van der Waals surface area contributed by atoms with Crippen molar-refractivity contribution in [1.29, 1.82) is 0 Å². The van der Waals surface area contributed by atoms with E-state index in [1.165, 1.54) is 11.3 Å². The highest BCUT2D eigenvalue weighted by atomic mass is 16.1. The van der Waals surface area contributed by atoms with Crippen LogP contribution in [0.25, 0.3) is 0 Å². The Morgan fingerprint density at radius 3 is 2.58 bits per heavy atom. The number of carbonyl (C=O) groups is 1. The minimum atomic E-state index is -0.317. The van der Waals surface area contributed by atoms with E-state index < -0.39 is 0 Å². The molecule has 3 aromatic rings. The number of aliphatic imine (C=N–C) groups is 1. The average Bonchev–Trinajstić information content (AvgIpc) is 3.30. The van der Waals surface area contributed by atoms with Gasteiger partial charge >= 0.3 is 0 Å². The smallest absolute Gasteiger partial charge is 0.213 e. The van der Waals surface area contributed by atoms with Gasteiger partial charge in [-0.3, -0.25) is 4.79 Å². The molecule has 1 aromatic heterocycles. The second kappa shape index (κ2) is 7.80. The molecule has 0 N–H and O–H groups in total. The topological polar surface area (TPSA) is 62.9 Å². The van der Waals surface area contributed by atoms with Crippen LogP contribution in [-0.4, -0.2) is 40.5 Å². The minimum absolute atomic E-state index is 0.0751. The first-order valence-electron chi connectivity index (χ1n) is 11.5. The molecule has 0 unspecified atom stereocenters. The van der Waals surface area contributed by atoms with E-state index in [0.717, 1.165) is 42.2 Å². The number of nitrogens with zero attached hydrogens (tertiary/aromatic N) is 5. The summed E-state index contributed by atoms with van der Waals surface area (Å²) in [5.41, 5.74) is 6.52. The molecule has 168 valence electrons. The van der Waals surface area contributed by atoms with Gasteiger partial charge in [0.25, 0.3) is 0 Å². The SMILES string of the molecule is CC1=Nn2c(nc(C(C)(C)C)c2C(=O)c2ccccc2)C1=Nc1ccc2c(c1)CCCN2C. The molecule has 0 aliphatic carbocycles. The number of imidazole rings is 1. The van der Waals surface area contributed by atoms with Gasteiger partial charge in [0.05, 0.1) is 17.1 Å². The average molecular weight is 440 g/mol. The van der Waals surface area contributed by atoms with E-state index in [1.54, 1.807) is 4.68 Å². The minimum Gasteiger partial charge on any atom is -0.374 e. The van der Waals surface area contributed by atoms with Crippen molar-refractivity contribution in [2.24, 2.45) is 10.1 Å². The summed E-state index contributed by atoms with van der Waals surface area (Å²) >= 11 is 0. The Balaban J connectivity index is 1.63.